The Kier molecular flexibility index (Phi) is 4.22. The van der Waals surface area contributed by atoms with E-state index in [9.17, 15) is 4.39 Å². The van der Waals surface area contributed by atoms with Crippen molar-refractivity contribution >= 4 is 16.6 Å². The van der Waals surface area contributed by atoms with E-state index in [1.54, 1.807) is 12.1 Å². The lowest BCUT2D eigenvalue weighted by Gasteiger charge is -2.58. The Balaban J connectivity index is 1.48. The maximum atomic E-state index is 13.4. The Hall–Kier alpha value is -2.62. The van der Waals surface area contributed by atoms with Gasteiger partial charge in [-0.05, 0) is 104 Å². The molecule has 1 unspecified atom stereocenters. The lowest BCUT2D eigenvalue weighted by molar-refractivity contribution is -0.0681. The van der Waals surface area contributed by atoms with Crippen LogP contribution in [-0.2, 0) is 0 Å². The SMILES string of the molecule is Fc1ccc(N=NC(c2ccnc3ccccc23)C23CC4CC(CC(C4)C2)C3)cc1. The molecule has 3 nitrogen and oxygen atoms in total. The van der Waals surface area contributed by atoms with Crippen molar-refractivity contribution in [3.05, 3.63) is 72.2 Å². The van der Waals surface area contributed by atoms with Crippen LogP contribution in [0, 0.1) is 29.0 Å². The van der Waals surface area contributed by atoms with E-state index in [-0.39, 0.29) is 17.3 Å². The van der Waals surface area contributed by atoms with Crippen LogP contribution in [0.25, 0.3) is 10.9 Å². The molecular weight excluding hydrogens is 373 g/mol. The normalized spacial score (nSPS) is 30.9. The highest BCUT2D eigenvalue weighted by molar-refractivity contribution is 5.82. The molecule has 4 saturated carbocycles. The third-order valence-electron chi connectivity index (χ3n) is 7.76. The van der Waals surface area contributed by atoms with Crippen LogP contribution >= 0.6 is 0 Å². The zero-order chi connectivity index (χ0) is 20.1. The minimum Gasteiger partial charge on any atom is -0.256 e. The number of nitrogens with zero attached hydrogens (tertiary/aromatic N) is 3. The standard InChI is InChI=1S/C26H26FN3/c27-20-5-7-21(8-6-20)29-30-25(23-9-10-28-24-4-2-1-3-22(23)24)26-14-17-11-18(15-26)13-19(12-17)16-26/h1-10,17-19,25H,11-16H2. The molecule has 7 rings (SSSR count). The highest BCUT2D eigenvalue weighted by Gasteiger charge is 2.55. The Labute approximate surface area is 176 Å². The number of hydrogen-bond acceptors (Lipinski definition) is 3. The van der Waals surface area contributed by atoms with Gasteiger partial charge in [-0.25, -0.2) is 4.39 Å². The summed E-state index contributed by atoms with van der Waals surface area (Å²) in [5, 5.41) is 10.8. The molecule has 4 aliphatic rings. The molecule has 1 aromatic heterocycles. The molecule has 4 fully saturated rings. The quantitative estimate of drug-likeness (QED) is 0.421. The van der Waals surface area contributed by atoms with Gasteiger partial charge in [0.05, 0.1) is 11.2 Å². The van der Waals surface area contributed by atoms with Crippen LogP contribution in [0.3, 0.4) is 0 Å². The molecule has 1 atom stereocenters. The van der Waals surface area contributed by atoms with E-state index in [0.717, 1.165) is 23.3 Å². The molecule has 0 N–H and O–H groups in total. The molecule has 0 radical (unpaired) electrons. The van der Waals surface area contributed by atoms with Crippen molar-refractivity contribution in [1.82, 2.24) is 4.98 Å². The zero-order valence-electron chi connectivity index (χ0n) is 17.0. The van der Waals surface area contributed by atoms with Crippen molar-refractivity contribution in [2.24, 2.45) is 33.4 Å². The van der Waals surface area contributed by atoms with E-state index in [1.807, 2.05) is 12.3 Å². The number of fused-ring (bicyclic) bond motifs is 1. The van der Waals surface area contributed by atoms with Crippen molar-refractivity contribution in [2.45, 2.75) is 44.6 Å². The molecule has 4 bridgehead atoms. The lowest BCUT2D eigenvalue weighted by Crippen LogP contribution is -2.48. The number of aromatic nitrogens is 1. The van der Waals surface area contributed by atoms with Gasteiger partial charge >= 0.3 is 0 Å². The number of halogens is 1. The summed E-state index contributed by atoms with van der Waals surface area (Å²) >= 11 is 0. The lowest BCUT2D eigenvalue weighted by atomic mass is 9.47. The number of hydrogen-bond donors (Lipinski definition) is 0. The van der Waals surface area contributed by atoms with Crippen LogP contribution in [0.5, 0.6) is 0 Å². The molecule has 0 saturated heterocycles. The fraction of sp³-hybridized carbons (Fsp3) is 0.423. The summed E-state index contributed by atoms with van der Waals surface area (Å²) in [5.74, 6) is 2.28. The van der Waals surface area contributed by atoms with E-state index in [2.05, 4.69) is 34.4 Å². The molecule has 0 amide bonds. The van der Waals surface area contributed by atoms with Gasteiger partial charge in [-0.2, -0.15) is 10.2 Å². The number of rotatable bonds is 4. The molecule has 1 heterocycles. The first-order chi connectivity index (χ1) is 14.7. The summed E-state index contributed by atoms with van der Waals surface area (Å²) in [5.41, 5.74) is 3.15. The summed E-state index contributed by atoms with van der Waals surface area (Å²) in [4.78, 5) is 4.58. The van der Waals surface area contributed by atoms with Gasteiger partial charge in [0, 0.05) is 11.6 Å². The van der Waals surface area contributed by atoms with Crippen LogP contribution < -0.4 is 0 Å². The summed E-state index contributed by atoms with van der Waals surface area (Å²) in [6, 6.07) is 16.9. The number of azo groups is 1. The fourth-order valence-electron chi connectivity index (χ4n) is 7.02. The fourth-order valence-corrected chi connectivity index (χ4v) is 7.02. The predicted molar refractivity (Wildman–Crippen MR) is 116 cm³/mol. The third-order valence-corrected chi connectivity index (χ3v) is 7.76. The van der Waals surface area contributed by atoms with Gasteiger partial charge in [0.2, 0.25) is 0 Å². The van der Waals surface area contributed by atoms with E-state index in [0.29, 0.717) is 5.69 Å². The van der Waals surface area contributed by atoms with Gasteiger partial charge in [0.15, 0.2) is 0 Å². The topological polar surface area (TPSA) is 37.6 Å². The van der Waals surface area contributed by atoms with Crippen LogP contribution in [0.15, 0.2) is 71.0 Å². The molecule has 2 aromatic carbocycles. The second-order valence-electron chi connectivity index (χ2n) is 9.79. The van der Waals surface area contributed by atoms with Crippen molar-refractivity contribution in [3.8, 4) is 0 Å². The molecule has 0 aliphatic heterocycles. The average molecular weight is 400 g/mol. The first-order valence-corrected chi connectivity index (χ1v) is 11.2. The van der Waals surface area contributed by atoms with Gasteiger partial charge in [-0.15, -0.1) is 0 Å². The summed E-state index contributed by atoms with van der Waals surface area (Å²) in [6.07, 6.45) is 9.88. The molecule has 152 valence electrons. The predicted octanol–water partition coefficient (Wildman–Crippen LogP) is 7.42. The molecule has 0 spiro atoms. The molecular formula is C26H26FN3. The third kappa shape index (κ3) is 3.05. The highest BCUT2D eigenvalue weighted by Crippen LogP contribution is 2.65. The van der Waals surface area contributed by atoms with Crippen LogP contribution in [0.4, 0.5) is 10.1 Å². The van der Waals surface area contributed by atoms with Gasteiger partial charge < -0.3 is 0 Å². The minimum absolute atomic E-state index is 0.0175. The van der Waals surface area contributed by atoms with E-state index in [4.69, 9.17) is 5.11 Å². The van der Waals surface area contributed by atoms with Crippen molar-refractivity contribution in [2.75, 3.05) is 0 Å². The maximum Gasteiger partial charge on any atom is 0.123 e. The molecule has 3 aromatic rings. The monoisotopic (exact) mass is 399 g/mol. The molecule has 4 aliphatic carbocycles. The first kappa shape index (κ1) is 18.2. The van der Waals surface area contributed by atoms with Crippen LogP contribution in [-0.4, -0.2) is 4.98 Å². The van der Waals surface area contributed by atoms with Gasteiger partial charge in [0.1, 0.15) is 11.9 Å². The molecule has 30 heavy (non-hydrogen) atoms. The van der Waals surface area contributed by atoms with Gasteiger partial charge in [-0.1, -0.05) is 18.2 Å². The Bertz CT molecular complexity index is 1060. The largest absolute Gasteiger partial charge is 0.256 e. The first-order valence-electron chi connectivity index (χ1n) is 11.2. The second-order valence-corrected chi connectivity index (χ2v) is 9.79. The van der Waals surface area contributed by atoms with Crippen molar-refractivity contribution in [1.29, 1.82) is 0 Å². The van der Waals surface area contributed by atoms with E-state index < -0.39 is 0 Å². The highest BCUT2D eigenvalue weighted by atomic mass is 19.1. The average Bonchev–Trinajstić information content (AvgIpc) is 2.74. The number of para-hydroxylation sites is 1. The Morgan fingerprint density at radius 3 is 2.23 bits per heavy atom. The Morgan fingerprint density at radius 2 is 1.53 bits per heavy atom. The maximum absolute atomic E-state index is 13.4. The van der Waals surface area contributed by atoms with Gasteiger partial charge in [-0.3, -0.25) is 4.98 Å². The number of benzene rings is 2. The van der Waals surface area contributed by atoms with E-state index in [1.165, 1.54) is 61.6 Å². The van der Waals surface area contributed by atoms with Crippen molar-refractivity contribution < 1.29 is 4.39 Å². The molecule has 4 heteroatoms. The smallest absolute Gasteiger partial charge is 0.123 e. The summed E-state index contributed by atoms with van der Waals surface area (Å²) in [7, 11) is 0. The zero-order valence-corrected chi connectivity index (χ0v) is 17.0. The van der Waals surface area contributed by atoms with E-state index >= 15 is 0 Å². The minimum atomic E-state index is -0.244. The van der Waals surface area contributed by atoms with Gasteiger partial charge in [0.25, 0.3) is 0 Å². The Morgan fingerprint density at radius 1 is 0.867 bits per heavy atom. The summed E-state index contributed by atoms with van der Waals surface area (Å²) in [6.45, 7) is 0. The number of pyridine rings is 1. The van der Waals surface area contributed by atoms with Crippen molar-refractivity contribution in [3.63, 3.8) is 0 Å². The second kappa shape index (κ2) is 6.97. The van der Waals surface area contributed by atoms with Crippen LogP contribution in [0.2, 0.25) is 0 Å². The summed E-state index contributed by atoms with van der Waals surface area (Å²) < 4.78 is 13.4. The van der Waals surface area contributed by atoms with Crippen LogP contribution in [0.1, 0.15) is 50.1 Å².